The Kier molecular flexibility index (Phi) is 7.15. The summed E-state index contributed by atoms with van der Waals surface area (Å²) in [4.78, 5) is 12.1. The molecule has 0 radical (unpaired) electrons. The van der Waals surface area contributed by atoms with Crippen molar-refractivity contribution in [2.75, 3.05) is 26.9 Å². The SMILES string of the molecule is COCCCOc1cc(CC(=O)C(C)(C)CO)ccc1Cl. The summed E-state index contributed by atoms with van der Waals surface area (Å²) >= 11 is 6.08. The standard InChI is InChI=1S/C16H23ClO4/c1-16(2,11-18)15(19)10-12-5-6-13(17)14(9-12)21-8-4-7-20-3/h5-6,9,18H,4,7-8,10-11H2,1-3H3. The van der Waals surface area contributed by atoms with Gasteiger partial charge in [-0.25, -0.2) is 0 Å². The first kappa shape index (κ1) is 18.0. The molecule has 1 aromatic carbocycles. The van der Waals surface area contributed by atoms with Gasteiger partial charge < -0.3 is 14.6 Å². The minimum atomic E-state index is -0.737. The molecule has 5 heteroatoms. The maximum atomic E-state index is 12.1. The van der Waals surface area contributed by atoms with Gasteiger partial charge in [0.05, 0.1) is 18.2 Å². The molecular weight excluding hydrogens is 292 g/mol. The molecule has 0 aliphatic heterocycles. The molecule has 0 saturated carbocycles. The number of aliphatic hydroxyl groups excluding tert-OH is 1. The van der Waals surface area contributed by atoms with Crippen LogP contribution in [-0.4, -0.2) is 37.8 Å². The highest BCUT2D eigenvalue weighted by Gasteiger charge is 2.26. The number of rotatable bonds is 9. The van der Waals surface area contributed by atoms with Crippen LogP contribution in [0.2, 0.25) is 5.02 Å². The van der Waals surface area contributed by atoms with Gasteiger partial charge in [-0.1, -0.05) is 31.5 Å². The number of carbonyl (C=O) groups excluding carboxylic acids is 1. The maximum Gasteiger partial charge on any atom is 0.145 e. The Hall–Kier alpha value is -1.10. The zero-order valence-electron chi connectivity index (χ0n) is 12.8. The number of Topliss-reactive ketones (excluding diaryl/α,β-unsaturated/α-hetero) is 1. The van der Waals surface area contributed by atoms with Crippen molar-refractivity contribution in [1.29, 1.82) is 0 Å². The summed E-state index contributed by atoms with van der Waals surface area (Å²) in [5.74, 6) is 0.553. The molecule has 0 unspecified atom stereocenters. The largest absolute Gasteiger partial charge is 0.492 e. The topological polar surface area (TPSA) is 55.8 Å². The third kappa shape index (κ3) is 5.65. The Bertz CT molecular complexity index is 471. The molecule has 4 nitrogen and oxygen atoms in total. The van der Waals surface area contributed by atoms with E-state index in [4.69, 9.17) is 21.1 Å². The van der Waals surface area contributed by atoms with Crippen molar-refractivity contribution >= 4 is 17.4 Å². The molecule has 0 saturated heterocycles. The Morgan fingerprint density at radius 2 is 2.05 bits per heavy atom. The van der Waals surface area contributed by atoms with Crippen LogP contribution in [0.5, 0.6) is 5.75 Å². The second-order valence-corrected chi connectivity index (χ2v) is 6.01. The van der Waals surface area contributed by atoms with Crippen LogP contribution in [0.15, 0.2) is 18.2 Å². The van der Waals surface area contributed by atoms with Gasteiger partial charge in [0.15, 0.2) is 0 Å². The lowest BCUT2D eigenvalue weighted by molar-refractivity contribution is -0.128. The third-order valence-electron chi connectivity index (χ3n) is 3.26. The number of ketones is 1. The first-order valence-corrected chi connectivity index (χ1v) is 7.33. The number of hydrogen-bond acceptors (Lipinski definition) is 4. The highest BCUT2D eigenvalue weighted by molar-refractivity contribution is 6.32. The fourth-order valence-corrected chi connectivity index (χ4v) is 1.84. The van der Waals surface area contributed by atoms with E-state index in [1.807, 2.05) is 0 Å². The third-order valence-corrected chi connectivity index (χ3v) is 3.57. The van der Waals surface area contributed by atoms with E-state index in [1.54, 1.807) is 39.2 Å². The molecule has 0 aromatic heterocycles. The average molecular weight is 315 g/mol. The normalized spacial score (nSPS) is 11.5. The van der Waals surface area contributed by atoms with Gasteiger partial charge >= 0.3 is 0 Å². The van der Waals surface area contributed by atoms with E-state index in [2.05, 4.69) is 0 Å². The predicted molar refractivity (Wildman–Crippen MR) is 83.0 cm³/mol. The monoisotopic (exact) mass is 314 g/mol. The molecule has 0 amide bonds. The van der Waals surface area contributed by atoms with Crippen LogP contribution >= 0.6 is 11.6 Å². The van der Waals surface area contributed by atoms with Crippen molar-refractivity contribution in [2.45, 2.75) is 26.7 Å². The number of benzene rings is 1. The van der Waals surface area contributed by atoms with Crippen molar-refractivity contribution in [1.82, 2.24) is 0 Å². The molecule has 0 heterocycles. The lowest BCUT2D eigenvalue weighted by Gasteiger charge is -2.20. The first-order chi connectivity index (χ1) is 9.90. The number of halogens is 1. The zero-order valence-corrected chi connectivity index (χ0v) is 13.6. The molecular formula is C16H23ClO4. The van der Waals surface area contributed by atoms with E-state index in [-0.39, 0.29) is 18.8 Å². The number of methoxy groups -OCH3 is 1. The van der Waals surface area contributed by atoms with E-state index in [1.165, 1.54) is 0 Å². The van der Waals surface area contributed by atoms with Crippen LogP contribution in [0, 0.1) is 5.41 Å². The lowest BCUT2D eigenvalue weighted by atomic mass is 9.86. The summed E-state index contributed by atoms with van der Waals surface area (Å²) < 4.78 is 10.6. The highest BCUT2D eigenvalue weighted by Crippen LogP contribution is 2.27. The minimum absolute atomic E-state index is 0.0161. The van der Waals surface area contributed by atoms with Crippen LogP contribution < -0.4 is 4.74 Å². The average Bonchev–Trinajstić information content (AvgIpc) is 2.46. The van der Waals surface area contributed by atoms with Gasteiger partial charge in [0.2, 0.25) is 0 Å². The highest BCUT2D eigenvalue weighted by atomic mass is 35.5. The number of carbonyl (C=O) groups is 1. The van der Waals surface area contributed by atoms with Crippen LogP contribution in [-0.2, 0) is 16.0 Å². The van der Waals surface area contributed by atoms with Crippen LogP contribution in [0.1, 0.15) is 25.8 Å². The molecule has 0 bridgehead atoms. The Balaban J connectivity index is 2.70. The molecule has 118 valence electrons. The van der Waals surface area contributed by atoms with E-state index in [0.717, 1.165) is 12.0 Å². The number of ether oxygens (including phenoxy) is 2. The van der Waals surface area contributed by atoms with E-state index in [9.17, 15) is 9.90 Å². The maximum absolute atomic E-state index is 12.1. The Morgan fingerprint density at radius 3 is 2.67 bits per heavy atom. The second-order valence-electron chi connectivity index (χ2n) is 5.60. The fourth-order valence-electron chi connectivity index (χ4n) is 1.67. The molecule has 0 aliphatic carbocycles. The first-order valence-electron chi connectivity index (χ1n) is 6.95. The lowest BCUT2D eigenvalue weighted by Crippen LogP contribution is -2.29. The molecule has 1 N–H and O–H groups in total. The van der Waals surface area contributed by atoms with Crippen LogP contribution in [0.4, 0.5) is 0 Å². The summed E-state index contributed by atoms with van der Waals surface area (Å²) in [5, 5.41) is 9.75. The predicted octanol–water partition coefficient (Wildman–Crippen LogP) is 2.89. The van der Waals surface area contributed by atoms with Gasteiger partial charge in [0.25, 0.3) is 0 Å². The Morgan fingerprint density at radius 1 is 1.33 bits per heavy atom. The summed E-state index contributed by atoms with van der Waals surface area (Å²) in [7, 11) is 1.64. The molecule has 0 fully saturated rings. The number of hydrogen-bond donors (Lipinski definition) is 1. The van der Waals surface area contributed by atoms with Crippen molar-refractivity contribution in [3.05, 3.63) is 28.8 Å². The van der Waals surface area contributed by atoms with Crippen LogP contribution in [0.3, 0.4) is 0 Å². The quantitative estimate of drug-likeness (QED) is 0.712. The molecule has 0 spiro atoms. The molecule has 21 heavy (non-hydrogen) atoms. The summed E-state index contributed by atoms with van der Waals surface area (Å²) in [5.41, 5.74) is 0.0896. The second kappa shape index (κ2) is 8.37. The molecule has 1 rings (SSSR count). The van der Waals surface area contributed by atoms with Crippen molar-refractivity contribution < 1.29 is 19.4 Å². The van der Waals surface area contributed by atoms with E-state index < -0.39 is 5.41 Å². The Labute approximate surface area is 131 Å². The zero-order chi connectivity index (χ0) is 15.9. The van der Waals surface area contributed by atoms with Crippen molar-refractivity contribution in [2.24, 2.45) is 5.41 Å². The molecule has 0 aliphatic rings. The van der Waals surface area contributed by atoms with Crippen LogP contribution in [0.25, 0.3) is 0 Å². The summed E-state index contributed by atoms with van der Waals surface area (Å²) in [6, 6.07) is 5.30. The van der Waals surface area contributed by atoms with Gasteiger partial charge in [-0.2, -0.15) is 0 Å². The van der Waals surface area contributed by atoms with E-state index >= 15 is 0 Å². The van der Waals surface area contributed by atoms with Gasteiger partial charge in [0.1, 0.15) is 11.5 Å². The minimum Gasteiger partial charge on any atom is -0.492 e. The van der Waals surface area contributed by atoms with Crippen molar-refractivity contribution in [3.8, 4) is 5.75 Å². The molecule has 1 aromatic rings. The van der Waals surface area contributed by atoms with Gasteiger partial charge in [0, 0.05) is 32.0 Å². The fraction of sp³-hybridized carbons (Fsp3) is 0.562. The van der Waals surface area contributed by atoms with Crippen molar-refractivity contribution in [3.63, 3.8) is 0 Å². The smallest absolute Gasteiger partial charge is 0.145 e. The summed E-state index contributed by atoms with van der Waals surface area (Å²) in [6.07, 6.45) is 1.02. The van der Waals surface area contributed by atoms with E-state index in [0.29, 0.717) is 24.0 Å². The summed E-state index contributed by atoms with van der Waals surface area (Å²) in [6.45, 7) is 4.42. The van der Waals surface area contributed by atoms with Gasteiger partial charge in [-0.15, -0.1) is 0 Å². The van der Waals surface area contributed by atoms with Gasteiger partial charge in [-0.3, -0.25) is 4.79 Å². The molecule has 0 atom stereocenters. The number of aliphatic hydroxyl groups is 1. The van der Waals surface area contributed by atoms with Gasteiger partial charge in [-0.05, 0) is 17.7 Å².